The van der Waals surface area contributed by atoms with Crippen molar-refractivity contribution in [1.29, 1.82) is 0 Å². The second kappa shape index (κ2) is 10.4. The third kappa shape index (κ3) is 5.14. The molecule has 39 heavy (non-hydrogen) atoms. The summed E-state index contributed by atoms with van der Waals surface area (Å²) >= 11 is 0. The van der Waals surface area contributed by atoms with Crippen LogP contribution in [0.5, 0.6) is 5.75 Å². The van der Waals surface area contributed by atoms with Gasteiger partial charge in [-0.15, -0.1) is 0 Å². The average Bonchev–Trinajstić information content (AvgIpc) is 2.92. The molecule has 2 heterocycles. The molecule has 1 atom stereocenters. The Morgan fingerprint density at radius 1 is 1.03 bits per heavy atom. The number of ether oxygens (including phenoxy) is 2. The number of benzene rings is 3. The lowest BCUT2D eigenvalue weighted by Gasteiger charge is -2.46. The van der Waals surface area contributed by atoms with Crippen molar-refractivity contribution in [3.63, 3.8) is 0 Å². The van der Waals surface area contributed by atoms with Gasteiger partial charge >= 0.3 is 5.97 Å². The monoisotopic (exact) mass is 526 g/mol. The first kappa shape index (κ1) is 26.2. The summed E-state index contributed by atoms with van der Waals surface area (Å²) in [6, 6.07) is 20.2. The molecule has 4 aromatic rings. The molecule has 0 amide bonds. The van der Waals surface area contributed by atoms with Crippen molar-refractivity contribution >= 4 is 23.4 Å². The predicted molar refractivity (Wildman–Crippen MR) is 150 cm³/mol. The van der Waals surface area contributed by atoms with Crippen LogP contribution in [0, 0.1) is 19.7 Å². The average molecular weight is 527 g/mol. The lowest BCUT2D eigenvalue weighted by molar-refractivity contribution is -0.157. The number of anilines is 3. The number of nitrogens with one attached hydrogen (secondary N) is 1. The third-order valence-corrected chi connectivity index (χ3v) is 7.19. The molecule has 3 aromatic carbocycles. The highest BCUT2D eigenvalue weighted by Gasteiger charge is 2.43. The molecule has 0 aliphatic carbocycles. The van der Waals surface area contributed by atoms with Crippen LogP contribution >= 0.6 is 0 Å². The van der Waals surface area contributed by atoms with E-state index in [4.69, 9.17) is 14.5 Å². The van der Waals surface area contributed by atoms with E-state index in [-0.39, 0.29) is 5.82 Å². The molecule has 1 aliphatic rings. The summed E-state index contributed by atoms with van der Waals surface area (Å²) in [6.45, 7) is 7.79. The van der Waals surface area contributed by atoms with E-state index in [0.717, 1.165) is 45.7 Å². The molecular formula is C31H31FN4O3. The van der Waals surface area contributed by atoms with Crippen LogP contribution in [-0.4, -0.2) is 29.6 Å². The van der Waals surface area contributed by atoms with Crippen molar-refractivity contribution in [2.45, 2.75) is 39.8 Å². The zero-order valence-corrected chi connectivity index (χ0v) is 22.7. The molecule has 0 spiro atoms. The Kier molecular flexibility index (Phi) is 6.95. The molecular weight excluding hydrogens is 495 g/mol. The highest BCUT2D eigenvalue weighted by Crippen LogP contribution is 2.42. The topological polar surface area (TPSA) is 76.6 Å². The largest absolute Gasteiger partial charge is 0.497 e. The van der Waals surface area contributed by atoms with Crippen molar-refractivity contribution in [3.05, 3.63) is 94.9 Å². The van der Waals surface area contributed by atoms with Gasteiger partial charge in [-0.2, -0.15) is 4.98 Å². The minimum absolute atomic E-state index is 0.320. The molecule has 5 rings (SSSR count). The summed E-state index contributed by atoms with van der Waals surface area (Å²) in [7, 11) is 1.65. The van der Waals surface area contributed by atoms with Gasteiger partial charge in [0.2, 0.25) is 11.7 Å². The fourth-order valence-electron chi connectivity index (χ4n) is 5.09. The van der Waals surface area contributed by atoms with Gasteiger partial charge in [-0.25, -0.2) is 9.37 Å². The zero-order chi connectivity index (χ0) is 27.7. The number of carbonyl (C=O) groups is 1. The number of nitrogens with zero attached hydrogens (tertiary/aromatic N) is 3. The lowest BCUT2D eigenvalue weighted by atomic mass is 9.87. The number of rotatable bonds is 6. The molecule has 1 N–H and O–H groups in total. The van der Waals surface area contributed by atoms with Crippen molar-refractivity contribution in [3.8, 4) is 16.9 Å². The molecule has 1 aromatic heterocycles. The van der Waals surface area contributed by atoms with Crippen LogP contribution in [0.4, 0.5) is 21.8 Å². The van der Waals surface area contributed by atoms with Crippen LogP contribution in [0.25, 0.3) is 11.1 Å². The maximum Gasteiger partial charge on any atom is 0.305 e. The normalized spacial score (nSPS) is 16.4. The Hall–Kier alpha value is -4.46. The Balaban J connectivity index is 1.60. The van der Waals surface area contributed by atoms with Crippen molar-refractivity contribution in [2.24, 2.45) is 0 Å². The molecule has 0 fully saturated rings. The minimum Gasteiger partial charge on any atom is -0.497 e. The number of esters is 1. The molecule has 1 unspecified atom stereocenters. The van der Waals surface area contributed by atoms with Gasteiger partial charge in [-0.3, -0.25) is 4.79 Å². The standard InChI is InChI=1S/C31H31FN4O3/c1-19-20(2)33-30(34-26-13-11-25(32)12-14-26)35-29(19)36-16-15-22-9-10-24(23-7-6-8-27(17-23)38-5)18-28(22)31(36,4)39-21(3)37/h6-14,17-18H,15-16H2,1-5H3,(H,33,34,35). The summed E-state index contributed by atoms with van der Waals surface area (Å²) < 4.78 is 25.0. The number of carbonyl (C=O) groups excluding carboxylic acids is 1. The SMILES string of the molecule is COc1cccc(-c2ccc3c(c2)C(C)(OC(C)=O)N(c2nc(Nc4ccc(F)cc4)nc(C)c2C)CC3)c1. The quantitative estimate of drug-likeness (QED) is 0.289. The summed E-state index contributed by atoms with van der Waals surface area (Å²) in [5.41, 5.74) is 5.20. The van der Waals surface area contributed by atoms with Crippen LogP contribution in [0.2, 0.25) is 0 Å². The Morgan fingerprint density at radius 3 is 2.49 bits per heavy atom. The number of aryl methyl sites for hydroxylation is 1. The Morgan fingerprint density at radius 2 is 1.77 bits per heavy atom. The second-order valence-electron chi connectivity index (χ2n) is 9.80. The van der Waals surface area contributed by atoms with E-state index in [9.17, 15) is 9.18 Å². The van der Waals surface area contributed by atoms with Crippen LogP contribution in [-0.2, 0) is 21.7 Å². The Bertz CT molecular complexity index is 1540. The fraction of sp³-hybridized carbons (Fsp3) is 0.258. The van der Waals surface area contributed by atoms with Crippen molar-refractivity contribution in [2.75, 3.05) is 23.9 Å². The number of methoxy groups -OCH3 is 1. The summed E-state index contributed by atoms with van der Waals surface area (Å²) in [6.07, 6.45) is 0.744. The van der Waals surface area contributed by atoms with Crippen LogP contribution in [0.15, 0.2) is 66.7 Å². The van der Waals surface area contributed by atoms with Gasteiger partial charge < -0.3 is 19.7 Å². The molecule has 200 valence electrons. The summed E-state index contributed by atoms with van der Waals surface area (Å²) in [5, 5.41) is 3.17. The Labute approximate surface area is 227 Å². The number of aromatic nitrogens is 2. The van der Waals surface area contributed by atoms with E-state index < -0.39 is 11.7 Å². The van der Waals surface area contributed by atoms with Gasteiger partial charge in [0, 0.05) is 36.0 Å². The van der Waals surface area contributed by atoms with Gasteiger partial charge in [-0.05, 0) is 86.3 Å². The van der Waals surface area contributed by atoms with Gasteiger partial charge in [0.25, 0.3) is 0 Å². The van der Waals surface area contributed by atoms with Crippen LogP contribution < -0.4 is 15.0 Å². The predicted octanol–water partition coefficient (Wildman–Crippen LogP) is 6.45. The number of hydrogen-bond acceptors (Lipinski definition) is 7. The molecule has 8 heteroatoms. The highest BCUT2D eigenvalue weighted by molar-refractivity contribution is 5.71. The van der Waals surface area contributed by atoms with E-state index in [1.165, 1.54) is 19.1 Å². The smallest absolute Gasteiger partial charge is 0.305 e. The summed E-state index contributed by atoms with van der Waals surface area (Å²) in [4.78, 5) is 24.0. The van der Waals surface area contributed by atoms with Gasteiger partial charge in [0.05, 0.1) is 7.11 Å². The highest BCUT2D eigenvalue weighted by atomic mass is 19.1. The van der Waals surface area contributed by atoms with Crippen molar-refractivity contribution in [1.82, 2.24) is 9.97 Å². The molecule has 7 nitrogen and oxygen atoms in total. The van der Waals surface area contributed by atoms with Gasteiger partial charge in [-0.1, -0.05) is 24.3 Å². The summed E-state index contributed by atoms with van der Waals surface area (Å²) in [5.74, 6) is 1.09. The number of hydrogen-bond donors (Lipinski definition) is 1. The molecule has 0 saturated heterocycles. The second-order valence-corrected chi connectivity index (χ2v) is 9.80. The third-order valence-electron chi connectivity index (χ3n) is 7.19. The maximum absolute atomic E-state index is 13.4. The molecule has 0 radical (unpaired) electrons. The molecule has 0 bridgehead atoms. The van der Waals surface area contributed by atoms with Crippen LogP contribution in [0.3, 0.4) is 0 Å². The zero-order valence-electron chi connectivity index (χ0n) is 22.7. The number of halogens is 1. The van der Waals surface area contributed by atoms with Crippen molar-refractivity contribution < 1.29 is 18.7 Å². The first-order valence-corrected chi connectivity index (χ1v) is 12.8. The fourth-order valence-corrected chi connectivity index (χ4v) is 5.09. The first-order valence-electron chi connectivity index (χ1n) is 12.8. The van der Waals surface area contributed by atoms with Gasteiger partial charge in [0.15, 0.2) is 0 Å². The number of fused-ring (bicyclic) bond motifs is 1. The molecule has 1 aliphatic heterocycles. The van der Waals surface area contributed by atoms with E-state index in [2.05, 4.69) is 28.5 Å². The van der Waals surface area contributed by atoms with E-state index in [0.29, 0.717) is 24.0 Å². The van der Waals surface area contributed by atoms with E-state index in [1.807, 2.05) is 49.9 Å². The maximum atomic E-state index is 13.4. The lowest BCUT2D eigenvalue weighted by Crippen LogP contribution is -2.52. The minimum atomic E-state index is -1.12. The first-order chi connectivity index (χ1) is 18.7. The van der Waals surface area contributed by atoms with Crippen LogP contribution in [0.1, 0.15) is 36.2 Å². The van der Waals surface area contributed by atoms with E-state index in [1.54, 1.807) is 19.2 Å². The molecule has 0 saturated carbocycles. The van der Waals surface area contributed by atoms with E-state index >= 15 is 0 Å². The van der Waals surface area contributed by atoms with Gasteiger partial charge in [0.1, 0.15) is 17.4 Å².